The predicted molar refractivity (Wildman–Crippen MR) is 53.0 cm³/mol. The summed E-state index contributed by atoms with van der Waals surface area (Å²) in [6.45, 7) is 10.4. The van der Waals surface area contributed by atoms with Crippen LogP contribution in [0.2, 0.25) is 0 Å². The van der Waals surface area contributed by atoms with Crippen LogP contribution in [0.3, 0.4) is 0 Å². The van der Waals surface area contributed by atoms with Crippen molar-refractivity contribution in [3.05, 3.63) is 0 Å². The molecular formula is C10H22N2. The van der Waals surface area contributed by atoms with Crippen molar-refractivity contribution in [2.24, 2.45) is 17.6 Å². The van der Waals surface area contributed by atoms with Crippen molar-refractivity contribution in [1.82, 2.24) is 4.90 Å². The Labute approximate surface area is 76.1 Å². The molecule has 2 heteroatoms. The van der Waals surface area contributed by atoms with Gasteiger partial charge in [0.15, 0.2) is 0 Å². The topological polar surface area (TPSA) is 29.3 Å². The van der Waals surface area contributed by atoms with E-state index in [0.29, 0.717) is 12.0 Å². The largest absolute Gasteiger partial charge is 0.328 e. The third-order valence-corrected chi connectivity index (χ3v) is 2.95. The van der Waals surface area contributed by atoms with Crippen LogP contribution in [0.5, 0.6) is 0 Å². The number of rotatable bonds is 3. The average molecular weight is 170 g/mol. The molecule has 0 aromatic rings. The highest BCUT2D eigenvalue weighted by molar-refractivity contribution is 4.76. The molecule has 0 aliphatic carbocycles. The molecule has 2 N–H and O–H groups in total. The van der Waals surface area contributed by atoms with Gasteiger partial charge in [0.25, 0.3) is 0 Å². The van der Waals surface area contributed by atoms with Crippen LogP contribution in [0.1, 0.15) is 27.2 Å². The zero-order chi connectivity index (χ0) is 9.14. The van der Waals surface area contributed by atoms with E-state index >= 15 is 0 Å². The van der Waals surface area contributed by atoms with E-state index in [1.165, 1.54) is 26.1 Å². The number of hydrogen-bond donors (Lipinski definition) is 1. The fourth-order valence-corrected chi connectivity index (χ4v) is 1.77. The van der Waals surface area contributed by atoms with Crippen molar-refractivity contribution in [1.29, 1.82) is 0 Å². The highest BCUT2D eigenvalue weighted by Gasteiger charge is 2.20. The van der Waals surface area contributed by atoms with E-state index in [0.717, 1.165) is 5.92 Å². The molecule has 0 aromatic heterocycles. The molecule has 0 radical (unpaired) electrons. The van der Waals surface area contributed by atoms with Crippen LogP contribution in [0.25, 0.3) is 0 Å². The molecule has 12 heavy (non-hydrogen) atoms. The van der Waals surface area contributed by atoms with Crippen molar-refractivity contribution < 1.29 is 0 Å². The minimum atomic E-state index is 0.334. The quantitative estimate of drug-likeness (QED) is 0.692. The average Bonchev–Trinajstić information content (AvgIpc) is 2.35. The second-order valence-corrected chi connectivity index (χ2v) is 4.49. The van der Waals surface area contributed by atoms with E-state index in [1.54, 1.807) is 0 Å². The Morgan fingerprint density at radius 2 is 2.17 bits per heavy atom. The molecule has 0 aromatic carbocycles. The van der Waals surface area contributed by atoms with Crippen LogP contribution >= 0.6 is 0 Å². The summed E-state index contributed by atoms with van der Waals surface area (Å²) in [7, 11) is 0. The highest BCUT2D eigenvalue weighted by Crippen LogP contribution is 2.16. The Hall–Kier alpha value is -0.0800. The van der Waals surface area contributed by atoms with E-state index in [2.05, 4.69) is 25.7 Å². The fourth-order valence-electron chi connectivity index (χ4n) is 1.77. The second kappa shape index (κ2) is 4.24. The van der Waals surface area contributed by atoms with Crippen LogP contribution in [-0.4, -0.2) is 30.6 Å². The fraction of sp³-hybridized carbons (Fsp3) is 1.00. The lowest BCUT2D eigenvalue weighted by Gasteiger charge is -2.22. The number of nitrogens with zero attached hydrogens (tertiary/aromatic N) is 1. The molecule has 2 nitrogen and oxygen atoms in total. The van der Waals surface area contributed by atoms with Gasteiger partial charge in [0.05, 0.1) is 0 Å². The van der Waals surface area contributed by atoms with E-state index < -0.39 is 0 Å². The third kappa shape index (κ3) is 2.76. The molecule has 72 valence electrons. The van der Waals surface area contributed by atoms with Gasteiger partial charge in [0.1, 0.15) is 0 Å². The molecule has 3 unspecified atom stereocenters. The summed E-state index contributed by atoms with van der Waals surface area (Å²) >= 11 is 0. The molecule has 0 spiro atoms. The maximum atomic E-state index is 5.82. The zero-order valence-electron chi connectivity index (χ0n) is 8.59. The summed E-state index contributed by atoms with van der Waals surface area (Å²) in [5.41, 5.74) is 5.82. The standard InChI is InChI=1S/C10H22N2/c1-8-4-5-12(6-8)7-9(2)10(3)11/h8-10H,4-7,11H2,1-3H3. The second-order valence-electron chi connectivity index (χ2n) is 4.49. The van der Waals surface area contributed by atoms with Crippen LogP contribution in [-0.2, 0) is 0 Å². The van der Waals surface area contributed by atoms with Crippen molar-refractivity contribution in [3.8, 4) is 0 Å². The smallest absolute Gasteiger partial charge is 0.00483 e. The van der Waals surface area contributed by atoms with Crippen LogP contribution in [0.4, 0.5) is 0 Å². The van der Waals surface area contributed by atoms with Crippen LogP contribution < -0.4 is 5.73 Å². The van der Waals surface area contributed by atoms with Gasteiger partial charge in [-0.3, -0.25) is 0 Å². The molecule has 3 atom stereocenters. The van der Waals surface area contributed by atoms with Crippen molar-refractivity contribution in [2.75, 3.05) is 19.6 Å². The van der Waals surface area contributed by atoms with Gasteiger partial charge in [-0.05, 0) is 31.7 Å². The Balaban J connectivity index is 2.23. The van der Waals surface area contributed by atoms with Crippen molar-refractivity contribution in [3.63, 3.8) is 0 Å². The van der Waals surface area contributed by atoms with Gasteiger partial charge in [-0.2, -0.15) is 0 Å². The first kappa shape index (κ1) is 10.0. The summed E-state index contributed by atoms with van der Waals surface area (Å²) in [5, 5.41) is 0. The van der Waals surface area contributed by atoms with Gasteiger partial charge in [0, 0.05) is 19.1 Å². The molecule has 1 aliphatic heterocycles. The van der Waals surface area contributed by atoms with Gasteiger partial charge < -0.3 is 10.6 Å². The Morgan fingerprint density at radius 3 is 2.58 bits per heavy atom. The lowest BCUT2D eigenvalue weighted by atomic mass is 10.0. The number of hydrogen-bond acceptors (Lipinski definition) is 2. The minimum Gasteiger partial charge on any atom is -0.328 e. The third-order valence-electron chi connectivity index (χ3n) is 2.95. The van der Waals surface area contributed by atoms with E-state index in [4.69, 9.17) is 5.73 Å². The first-order valence-corrected chi connectivity index (χ1v) is 5.07. The van der Waals surface area contributed by atoms with Gasteiger partial charge in [-0.1, -0.05) is 13.8 Å². The maximum absolute atomic E-state index is 5.82. The predicted octanol–water partition coefficient (Wildman–Crippen LogP) is 1.31. The highest BCUT2D eigenvalue weighted by atomic mass is 15.1. The van der Waals surface area contributed by atoms with Gasteiger partial charge in [0.2, 0.25) is 0 Å². The Bertz CT molecular complexity index is 134. The van der Waals surface area contributed by atoms with E-state index in [9.17, 15) is 0 Å². The minimum absolute atomic E-state index is 0.334. The summed E-state index contributed by atoms with van der Waals surface area (Å²) in [6.07, 6.45) is 1.37. The molecule has 1 fully saturated rings. The van der Waals surface area contributed by atoms with Gasteiger partial charge in [-0.25, -0.2) is 0 Å². The number of likely N-dealkylation sites (tertiary alicyclic amines) is 1. The normalized spacial score (nSPS) is 30.5. The number of nitrogens with two attached hydrogens (primary N) is 1. The Kier molecular flexibility index (Phi) is 3.53. The van der Waals surface area contributed by atoms with E-state index in [1.807, 2.05) is 0 Å². The molecular weight excluding hydrogens is 148 g/mol. The zero-order valence-corrected chi connectivity index (χ0v) is 8.59. The maximum Gasteiger partial charge on any atom is 0.00483 e. The summed E-state index contributed by atoms with van der Waals surface area (Å²) in [6, 6.07) is 0.334. The molecule has 1 saturated heterocycles. The molecule has 0 saturated carbocycles. The first-order valence-electron chi connectivity index (χ1n) is 5.07. The summed E-state index contributed by atoms with van der Waals surface area (Å²) in [4.78, 5) is 2.54. The first-order chi connectivity index (χ1) is 5.59. The van der Waals surface area contributed by atoms with Crippen molar-refractivity contribution >= 4 is 0 Å². The molecule has 1 rings (SSSR count). The lowest BCUT2D eigenvalue weighted by molar-refractivity contribution is 0.263. The summed E-state index contributed by atoms with van der Waals surface area (Å²) < 4.78 is 0. The molecule has 1 heterocycles. The Morgan fingerprint density at radius 1 is 1.50 bits per heavy atom. The van der Waals surface area contributed by atoms with Gasteiger partial charge >= 0.3 is 0 Å². The molecule has 1 aliphatic rings. The SMILES string of the molecule is CC1CCN(CC(C)C(C)N)C1. The van der Waals surface area contributed by atoms with Crippen LogP contribution in [0.15, 0.2) is 0 Å². The van der Waals surface area contributed by atoms with E-state index in [-0.39, 0.29) is 0 Å². The van der Waals surface area contributed by atoms with Crippen LogP contribution in [0, 0.1) is 11.8 Å². The lowest BCUT2D eigenvalue weighted by Crippen LogP contribution is -2.35. The summed E-state index contributed by atoms with van der Waals surface area (Å²) in [5.74, 6) is 1.53. The van der Waals surface area contributed by atoms with Gasteiger partial charge in [-0.15, -0.1) is 0 Å². The molecule has 0 bridgehead atoms. The molecule has 0 amide bonds. The monoisotopic (exact) mass is 170 g/mol. The van der Waals surface area contributed by atoms with Crippen molar-refractivity contribution in [2.45, 2.75) is 33.2 Å².